The third-order valence-electron chi connectivity index (χ3n) is 1.12. The van der Waals surface area contributed by atoms with Crippen LogP contribution in [0.5, 0.6) is 5.75 Å². The summed E-state index contributed by atoms with van der Waals surface area (Å²) in [7, 11) is 0. The van der Waals surface area contributed by atoms with Crippen LogP contribution in [0.25, 0.3) is 0 Å². The second-order valence-electron chi connectivity index (χ2n) is 1.80. The number of aromatic carboxylic acids is 1. The first-order valence-electron chi connectivity index (χ1n) is 2.71. The van der Waals surface area contributed by atoms with Gasteiger partial charge in [-0.3, -0.25) is 0 Å². The monoisotopic (exact) mass is 218 g/mol. The van der Waals surface area contributed by atoms with Gasteiger partial charge >= 0.3 is 23.0 Å². The summed E-state index contributed by atoms with van der Waals surface area (Å²) in [5, 5.41) is 19.0. The molecule has 0 fully saturated rings. The Morgan fingerprint density at radius 3 is 2.17 bits per heavy atom. The molecule has 0 atom stereocenters. The third kappa shape index (κ3) is 2.92. The molecule has 0 aliphatic carbocycles. The molecule has 0 saturated carbocycles. The van der Waals surface area contributed by atoms with Crippen molar-refractivity contribution < 1.29 is 37.6 Å². The zero-order chi connectivity index (χ0) is 7.56. The number of benzene rings is 1. The maximum atomic E-state index is 10.7. The van der Waals surface area contributed by atoms with Gasteiger partial charge in [0.25, 0.3) is 0 Å². The third-order valence-corrected chi connectivity index (χ3v) is 1.12. The van der Waals surface area contributed by atoms with E-state index in [1.165, 1.54) is 24.3 Å². The van der Waals surface area contributed by atoms with Gasteiger partial charge in [-0.15, -0.1) is 0 Å². The molecule has 0 heterocycles. The van der Waals surface area contributed by atoms with E-state index in [1.807, 2.05) is 0 Å². The van der Waals surface area contributed by atoms with Gasteiger partial charge in [-0.05, 0) is 6.07 Å². The smallest absolute Gasteiger partial charge is 0.872 e. The van der Waals surface area contributed by atoms with Gasteiger partial charge in [0.05, 0.1) is 5.56 Å². The molecule has 0 aromatic heterocycles. The Labute approximate surface area is 79.6 Å². The standard InChI is InChI=1S/C7H6O3.Cu.H2O/c8-6-4-2-1-3-5(6)7(9)10;;/h1-4,8H,(H,9,10);;1H2/q;+2;/p-1. The fourth-order valence-corrected chi connectivity index (χ4v) is 0.643. The minimum Gasteiger partial charge on any atom is -0.872 e. The van der Waals surface area contributed by atoms with E-state index in [-0.39, 0.29) is 28.1 Å². The SMILES string of the molecule is O.O=C(O)c1ccccc1[O-].[Cu+2]. The van der Waals surface area contributed by atoms with Gasteiger partial charge in [0.2, 0.25) is 0 Å². The van der Waals surface area contributed by atoms with Crippen molar-refractivity contribution in [2.75, 3.05) is 0 Å². The normalized spacial score (nSPS) is 7.67. The number of carboxylic acid groups (broad SMARTS) is 1. The van der Waals surface area contributed by atoms with E-state index < -0.39 is 11.7 Å². The molecular weight excluding hydrogens is 212 g/mol. The molecule has 0 spiro atoms. The van der Waals surface area contributed by atoms with E-state index >= 15 is 0 Å². The van der Waals surface area contributed by atoms with E-state index in [0.29, 0.717) is 0 Å². The van der Waals surface area contributed by atoms with Crippen molar-refractivity contribution in [1.29, 1.82) is 0 Å². The summed E-state index contributed by atoms with van der Waals surface area (Å²) in [5.74, 6) is -1.62. The van der Waals surface area contributed by atoms with Gasteiger partial charge in [0.15, 0.2) is 0 Å². The number of para-hydroxylation sites is 1. The molecular formula is C7H7CuO4+. The van der Waals surface area contributed by atoms with Crippen LogP contribution in [0.1, 0.15) is 10.4 Å². The number of carboxylic acids is 1. The predicted molar refractivity (Wildman–Crippen MR) is 36.5 cm³/mol. The Balaban J connectivity index is 0. The predicted octanol–water partition coefficient (Wildman–Crippen LogP) is -0.369. The molecule has 5 heteroatoms. The summed E-state index contributed by atoms with van der Waals surface area (Å²) in [6.07, 6.45) is 0. The van der Waals surface area contributed by atoms with E-state index in [0.717, 1.165) is 0 Å². The van der Waals surface area contributed by atoms with Crippen LogP contribution in [0.4, 0.5) is 0 Å². The van der Waals surface area contributed by atoms with E-state index in [9.17, 15) is 9.90 Å². The van der Waals surface area contributed by atoms with Crippen LogP contribution in [0.15, 0.2) is 24.3 Å². The summed E-state index contributed by atoms with van der Waals surface area (Å²) in [6.45, 7) is 0. The topological polar surface area (TPSA) is 91.9 Å². The fraction of sp³-hybridized carbons (Fsp3) is 0. The Kier molecular flexibility index (Phi) is 6.32. The summed E-state index contributed by atoms with van der Waals surface area (Å²) < 4.78 is 0. The summed E-state index contributed by atoms with van der Waals surface area (Å²) in [5.41, 5.74) is -0.178. The van der Waals surface area contributed by atoms with Crippen LogP contribution in [-0.4, -0.2) is 16.6 Å². The summed E-state index contributed by atoms with van der Waals surface area (Å²) >= 11 is 0. The molecule has 0 bridgehead atoms. The van der Waals surface area contributed by atoms with Crippen LogP contribution in [-0.2, 0) is 17.1 Å². The first-order valence-corrected chi connectivity index (χ1v) is 2.71. The number of hydrogen-bond donors (Lipinski definition) is 1. The molecule has 0 amide bonds. The number of carbonyl (C=O) groups is 1. The molecule has 1 rings (SSSR count). The molecule has 1 aromatic carbocycles. The molecule has 0 aliphatic rings. The van der Waals surface area contributed by atoms with Gasteiger partial charge in [0.1, 0.15) is 0 Å². The molecule has 0 aliphatic heterocycles. The van der Waals surface area contributed by atoms with Gasteiger partial charge < -0.3 is 15.7 Å². The van der Waals surface area contributed by atoms with E-state index in [1.54, 1.807) is 0 Å². The first-order chi connectivity index (χ1) is 4.72. The van der Waals surface area contributed by atoms with Crippen LogP contribution in [0.2, 0.25) is 0 Å². The largest absolute Gasteiger partial charge is 2.00 e. The van der Waals surface area contributed by atoms with Crippen molar-refractivity contribution >= 4 is 5.97 Å². The maximum Gasteiger partial charge on any atom is 2.00 e. The van der Waals surface area contributed by atoms with Crippen molar-refractivity contribution in [3.05, 3.63) is 29.8 Å². The van der Waals surface area contributed by atoms with Crippen molar-refractivity contribution in [1.82, 2.24) is 0 Å². The average molecular weight is 219 g/mol. The maximum absolute atomic E-state index is 10.7. The molecule has 0 unspecified atom stereocenters. The Morgan fingerprint density at radius 2 is 1.83 bits per heavy atom. The van der Waals surface area contributed by atoms with Crippen molar-refractivity contribution in [3.63, 3.8) is 0 Å². The van der Waals surface area contributed by atoms with Crippen LogP contribution >= 0.6 is 0 Å². The van der Waals surface area contributed by atoms with E-state index in [4.69, 9.17) is 5.11 Å². The zero-order valence-electron chi connectivity index (χ0n) is 5.87. The zero-order valence-corrected chi connectivity index (χ0v) is 6.82. The van der Waals surface area contributed by atoms with Crippen LogP contribution < -0.4 is 5.11 Å². The van der Waals surface area contributed by atoms with Crippen LogP contribution in [0, 0.1) is 0 Å². The fourth-order valence-electron chi connectivity index (χ4n) is 0.643. The van der Waals surface area contributed by atoms with Gasteiger partial charge in [-0.2, -0.15) is 0 Å². The molecule has 1 aromatic rings. The van der Waals surface area contributed by atoms with Crippen molar-refractivity contribution in [2.45, 2.75) is 0 Å². The Bertz CT molecular complexity index is 261. The first kappa shape index (κ1) is 13.6. The summed E-state index contributed by atoms with van der Waals surface area (Å²) in [6, 6.07) is 5.54. The second kappa shape index (κ2) is 5.60. The number of hydrogen-bond acceptors (Lipinski definition) is 2. The second-order valence-corrected chi connectivity index (χ2v) is 1.80. The molecule has 3 N–H and O–H groups in total. The Hall–Kier alpha value is -1.03. The minimum absolute atomic E-state index is 0. The Morgan fingerprint density at radius 1 is 1.33 bits per heavy atom. The number of rotatable bonds is 1. The van der Waals surface area contributed by atoms with Crippen LogP contribution in [0.3, 0.4) is 0 Å². The molecule has 1 radical (unpaired) electrons. The van der Waals surface area contributed by atoms with Gasteiger partial charge in [-0.1, -0.05) is 23.9 Å². The molecule has 69 valence electrons. The molecule has 4 nitrogen and oxygen atoms in total. The minimum atomic E-state index is -1.18. The van der Waals surface area contributed by atoms with Crippen molar-refractivity contribution in [2.24, 2.45) is 0 Å². The van der Waals surface area contributed by atoms with Gasteiger partial charge in [0, 0.05) is 0 Å². The summed E-state index contributed by atoms with van der Waals surface area (Å²) in [4.78, 5) is 10.2. The quantitative estimate of drug-likeness (QED) is 0.652. The molecule has 12 heavy (non-hydrogen) atoms. The average Bonchev–Trinajstić information content (AvgIpc) is 1.88. The van der Waals surface area contributed by atoms with Gasteiger partial charge in [-0.25, -0.2) is 4.79 Å². The molecule has 0 saturated heterocycles. The van der Waals surface area contributed by atoms with Crippen molar-refractivity contribution in [3.8, 4) is 5.75 Å². The van der Waals surface area contributed by atoms with E-state index in [2.05, 4.69) is 0 Å².